The predicted molar refractivity (Wildman–Crippen MR) is 108 cm³/mol. The molecule has 4 heterocycles. The monoisotopic (exact) mass is 402 g/mol. The molecular formula is C21H22N8O. The number of nitrogens with zero attached hydrogens (tertiary/aromatic N) is 6. The summed E-state index contributed by atoms with van der Waals surface area (Å²) in [5.74, 6) is 0.474. The Hall–Kier alpha value is -3.49. The van der Waals surface area contributed by atoms with Crippen LogP contribution in [0.5, 0.6) is 0 Å². The first-order chi connectivity index (χ1) is 14.6. The van der Waals surface area contributed by atoms with Crippen LogP contribution in [0.4, 0.5) is 0 Å². The lowest BCUT2D eigenvalue weighted by atomic mass is 10.2. The van der Waals surface area contributed by atoms with Crippen LogP contribution in [0.25, 0.3) is 5.65 Å². The Bertz CT molecular complexity index is 1260. The summed E-state index contributed by atoms with van der Waals surface area (Å²) in [5.41, 5.74) is 6.68. The van der Waals surface area contributed by atoms with E-state index in [0.29, 0.717) is 18.2 Å². The third-order valence-corrected chi connectivity index (χ3v) is 6.09. The zero-order valence-electron chi connectivity index (χ0n) is 16.7. The van der Waals surface area contributed by atoms with E-state index in [1.165, 1.54) is 24.0 Å². The molecule has 2 aliphatic carbocycles. The number of hydrogen-bond donors (Lipinski definition) is 2. The van der Waals surface area contributed by atoms with E-state index in [9.17, 15) is 4.79 Å². The average molecular weight is 402 g/mol. The first-order valence-electron chi connectivity index (χ1n) is 10.4. The van der Waals surface area contributed by atoms with Crippen molar-refractivity contribution in [3.05, 3.63) is 64.6 Å². The summed E-state index contributed by atoms with van der Waals surface area (Å²) in [4.78, 5) is 17.3. The number of rotatable bonds is 5. The first kappa shape index (κ1) is 17.4. The van der Waals surface area contributed by atoms with E-state index in [1.807, 2.05) is 13.1 Å². The van der Waals surface area contributed by atoms with Crippen LogP contribution in [0, 0.1) is 6.92 Å². The summed E-state index contributed by atoms with van der Waals surface area (Å²) < 4.78 is 3.72. The van der Waals surface area contributed by atoms with Crippen molar-refractivity contribution in [3.63, 3.8) is 0 Å². The fourth-order valence-electron chi connectivity index (χ4n) is 4.31. The Morgan fingerprint density at radius 2 is 2.13 bits per heavy atom. The fraction of sp³-hybridized carbons (Fsp3) is 0.381. The van der Waals surface area contributed by atoms with Gasteiger partial charge in [0.05, 0.1) is 30.2 Å². The molecular weight excluding hydrogens is 380 g/mol. The van der Waals surface area contributed by atoms with E-state index in [1.54, 1.807) is 10.9 Å². The highest BCUT2D eigenvalue weighted by Gasteiger charge is 2.29. The smallest absolute Gasteiger partial charge is 0.274 e. The molecule has 152 valence electrons. The third kappa shape index (κ3) is 2.97. The Morgan fingerprint density at radius 1 is 1.23 bits per heavy atom. The van der Waals surface area contributed by atoms with Crippen molar-refractivity contribution in [1.82, 2.24) is 39.9 Å². The number of imidazole rings is 1. The van der Waals surface area contributed by atoms with Crippen molar-refractivity contribution in [3.8, 4) is 0 Å². The lowest BCUT2D eigenvalue weighted by molar-refractivity contribution is 0.0930. The summed E-state index contributed by atoms with van der Waals surface area (Å²) in [6.45, 7) is 2.47. The van der Waals surface area contributed by atoms with Gasteiger partial charge in [-0.15, -0.1) is 5.10 Å². The molecule has 1 fully saturated rings. The van der Waals surface area contributed by atoms with E-state index < -0.39 is 0 Å². The zero-order valence-corrected chi connectivity index (χ0v) is 16.7. The second-order valence-electron chi connectivity index (χ2n) is 8.31. The quantitative estimate of drug-likeness (QED) is 0.533. The van der Waals surface area contributed by atoms with Crippen LogP contribution in [0.1, 0.15) is 69.9 Å². The number of aromatic nitrogens is 7. The van der Waals surface area contributed by atoms with Gasteiger partial charge in [-0.05, 0) is 55.7 Å². The molecule has 4 aromatic rings. The number of H-pyrrole nitrogens is 1. The van der Waals surface area contributed by atoms with Gasteiger partial charge < -0.3 is 9.72 Å². The van der Waals surface area contributed by atoms with Crippen LogP contribution in [0.2, 0.25) is 0 Å². The molecule has 1 amide bonds. The highest BCUT2D eigenvalue weighted by molar-refractivity contribution is 5.92. The molecule has 0 aliphatic heterocycles. The number of fused-ring (bicyclic) bond motifs is 2. The van der Waals surface area contributed by atoms with Gasteiger partial charge in [-0.25, -0.2) is 9.67 Å². The second-order valence-corrected chi connectivity index (χ2v) is 8.31. The van der Waals surface area contributed by atoms with Gasteiger partial charge in [0.15, 0.2) is 5.69 Å². The molecule has 0 bridgehead atoms. The number of pyridine rings is 1. The van der Waals surface area contributed by atoms with Gasteiger partial charge in [-0.1, -0.05) is 11.3 Å². The van der Waals surface area contributed by atoms with Gasteiger partial charge in [0.1, 0.15) is 5.65 Å². The summed E-state index contributed by atoms with van der Waals surface area (Å²) in [6, 6.07) is 4.14. The molecule has 0 radical (unpaired) electrons. The van der Waals surface area contributed by atoms with Crippen molar-refractivity contribution in [1.29, 1.82) is 0 Å². The summed E-state index contributed by atoms with van der Waals surface area (Å²) in [6.07, 6.45) is 10.2. The number of hydrogen-bond acceptors (Lipinski definition) is 5. The Kier molecular flexibility index (Phi) is 3.77. The molecule has 0 spiro atoms. The SMILES string of the molecule is Cc1[nH]nc2c1CC[C@H]2NC(=O)c1cn(Cc2cn3cc(C4CC4)ccc3n2)nn1. The summed E-state index contributed by atoms with van der Waals surface area (Å²) in [7, 11) is 0. The van der Waals surface area contributed by atoms with Gasteiger partial charge >= 0.3 is 0 Å². The number of carbonyl (C=O) groups excluding carboxylic acids is 1. The van der Waals surface area contributed by atoms with Crippen molar-refractivity contribution in [2.24, 2.45) is 0 Å². The minimum atomic E-state index is -0.233. The average Bonchev–Trinajstić information content (AvgIpc) is 3.06. The zero-order chi connectivity index (χ0) is 20.2. The van der Waals surface area contributed by atoms with Crippen molar-refractivity contribution in [2.45, 2.75) is 51.1 Å². The van der Waals surface area contributed by atoms with Crippen LogP contribution in [0.15, 0.2) is 30.7 Å². The molecule has 6 rings (SSSR count). The Labute approximate surface area is 172 Å². The second kappa shape index (κ2) is 6.51. The standard InChI is InChI=1S/C21H22N8O/c1-12-16-5-6-17(20(16)26-24-12)23-21(30)18-11-29(27-25-18)10-15-9-28-8-14(13-2-3-13)4-7-19(28)22-15/h4,7-9,11,13,17H,2-3,5-6,10H2,1H3,(H,23,30)(H,24,26)/t17-/m1/s1. The van der Waals surface area contributed by atoms with Crippen molar-refractivity contribution in [2.75, 3.05) is 0 Å². The van der Waals surface area contributed by atoms with E-state index in [0.717, 1.165) is 35.6 Å². The Morgan fingerprint density at radius 3 is 3.00 bits per heavy atom. The van der Waals surface area contributed by atoms with Gasteiger partial charge in [0.25, 0.3) is 5.91 Å². The minimum Gasteiger partial charge on any atom is -0.342 e. The normalized spacial score (nSPS) is 18.1. The van der Waals surface area contributed by atoms with Gasteiger partial charge in [-0.2, -0.15) is 5.10 Å². The van der Waals surface area contributed by atoms with Gasteiger partial charge in [0.2, 0.25) is 0 Å². The van der Waals surface area contributed by atoms with Crippen LogP contribution in [-0.4, -0.2) is 40.5 Å². The highest BCUT2D eigenvalue weighted by Crippen LogP contribution is 2.39. The molecule has 0 unspecified atom stereocenters. The molecule has 9 nitrogen and oxygen atoms in total. The van der Waals surface area contributed by atoms with Crippen LogP contribution < -0.4 is 5.32 Å². The molecule has 1 saturated carbocycles. The molecule has 0 saturated heterocycles. The van der Waals surface area contributed by atoms with E-state index >= 15 is 0 Å². The first-order valence-corrected chi connectivity index (χ1v) is 10.4. The maximum Gasteiger partial charge on any atom is 0.274 e. The maximum absolute atomic E-state index is 12.6. The fourth-order valence-corrected chi connectivity index (χ4v) is 4.31. The topological polar surface area (TPSA) is 106 Å². The predicted octanol–water partition coefficient (Wildman–Crippen LogP) is 2.30. The summed E-state index contributed by atoms with van der Waals surface area (Å²) >= 11 is 0. The molecule has 0 aromatic carbocycles. The number of aromatic amines is 1. The summed E-state index contributed by atoms with van der Waals surface area (Å²) in [5, 5.41) is 18.5. The van der Waals surface area contributed by atoms with Gasteiger partial charge in [0, 0.05) is 18.1 Å². The van der Waals surface area contributed by atoms with Crippen molar-refractivity contribution >= 4 is 11.6 Å². The van der Waals surface area contributed by atoms with E-state index in [-0.39, 0.29) is 11.9 Å². The molecule has 2 N–H and O–H groups in total. The molecule has 30 heavy (non-hydrogen) atoms. The molecule has 2 aliphatic rings. The van der Waals surface area contributed by atoms with Crippen LogP contribution >= 0.6 is 0 Å². The number of amides is 1. The van der Waals surface area contributed by atoms with Crippen LogP contribution in [-0.2, 0) is 13.0 Å². The molecule has 1 atom stereocenters. The minimum absolute atomic E-state index is 0.0818. The highest BCUT2D eigenvalue weighted by atomic mass is 16.2. The molecule has 9 heteroatoms. The van der Waals surface area contributed by atoms with E-state index in [2.05, 4.69) is 53.5 Å². The lowest BCUT2D eigenvalue weighted by Gasteiger charge is -2.09. The van der Waals surface area contributed by atoms with Gasteiger partial charge in [-0.3, -0.25) is 9.89 Å². The Balaban J connectivity index is 1.16. The number of carbonyl (C=O) groups is 1. The lowest BCUT2D eigenvalue weighted by Crippen LogP contribution is -2.27. The largest absolute Gasteiger partial charge is 0.342 e. The molecule has 4 aromatic heterocycles. The number of nitrogens with one attached hydrogen (secondary N) is 2. The maximum atomic E-state index is 12.6. The van der Waals surface area contributed by atoms with Crippen LogP contribution in [0.3, 0.4) is 0 Å². The van der Waals surface area contributed by atoms with E-state index in [4.69, 9.17) is 0 Å². The van der Waals surface area contributed by atoms with Crippen molar-refractivity contribution < 1.29 is 4.79 Å². The number of aryl methyl sites for hydroxylation is 1. The third-order valence-electron chi connectivity index (χ3n) is 6.09.